The van der Waals surface area contributed by atoms with E-state index >= 15 is 0 Å². The first kappa shape index (κ1) is 23.5. The first-order valence-corrected chi connectivity index (χ1v) is 12.8. The average Bonchev–Trinajstić information content (AvgIpc) is 3.48. The number of anilines is 1. The van der Waals surface area contributed by atoms with Gasteiger partial charge in [0.2, 0.25) is 5.91 Å². The second-order valence-electron chi connectivity index (χ2n) is 8.06. The highest BCUT2D eigenvalue weighted by molar-refractivity contribution is 7.99. The third kappa shape index (κ3) is 4.56. The molecule has 33 heavy (non-hydrogen) atoms. The zero-order chi connectivity index (χ0) is 23.7. The fraction of sp³-hybridized carbons (Fsp3) is 0.500. The van der Waals surface area contributed by atoms with E-state index in [0.717, 1.165) is 36.1 Å². The molecular formula is C22H27N5O4S2. The number of thioether (sulfide) groups is 1. The molecule has 4 rings (SSSR count). The van der Waals surface area contributed by atoms with Crippen LogP contribution >= 0.6 is 23.1 Å². The van der Waals surface area contributed by atoms with Crippen molar-refractivity contribution in [2.75, 3.05) is 17.7 Å². The number of esters is 1. The van der Waals surface area contributed by atoms with Crippen LogP contribution in [-0.2, 0) is 16.6 Å². The lowest BCUT2D eigenvalue weighted by molar-refractivity contribution is -0.113. The molecule has 11 heteroatoms. The normalized spacial score (nSPS) is 14.2. The van der Waals surface area contributed by atoms with Crippen molar-refractivity contribution in [2.24, 2.45) is 7.05 Å². The molecule has 3 heterocycles. The largest absolute Gasteiger partial charge is 0.462 e. The summed E-state index contributed by atoms with van der Waals surface area (Å²) in [5, 5.41) is 8.05. The number of ether oxygens (including phenoxy) is 1. The molecule has 0 aliphatic heterocycles. The van der Waals surface area contributed by atoms with Crippen LogP contribution in [0.3, 0.4) is 0 Å². The van der Waals surface area contributed by atoms with Crippen LogP contribution in [0.5, 0.6) is 0 Å². The van der Waals surface area contributed by atoms with E-state index in [2.05, 4.69) is 10.4 Å². The molecule has 0 atom stereocenters. The molecule has 1 aliphatic carbocycles. The number of hydrogen-bond acceptors (Lipinski definition) is 8. The maximum atomic E-state index is 13.5. The number of carbonyl (C=O) groups excluding carboxylic acids is 2. The SMILES string of the molecule is CCOC(=O)c1cnn(C)c1NC(=O)CSc1nc2sc(C)c(C)c2c(=O)n1C1CCCC1. The number of aromatic nitrogens is 4. The summed E-state index contributed by atoms with van der Waals surface area (Å²) >= 11 is 2.75. The van der Waals surface area contributed by atoms with Gasteiger partial charge in [-0.05, 0) is 39.2 Å². The van der Waals surface area contributed by atoms with Crippen LogP contribution in [0.15, 0.2) is 16.1 Å². The average molecular weight is 490 g/mol. The molecule has 3 aromatic heterocycles. The lowest BCUT2D eigenvalue weighted by Crippen LogP contribution is -2.27. The van der Waals surface area contributed by atoms with Gasteiger partial charge in [-0.1, -0.05) is 24.6 Å². The van der Waals surface area contributed by atoms with Gasteiger partial charge in [0.1, 0.15) is 16.2 Å². The van der Waals surface area contributed by atoms with Crippen molar-refractivity contribution >= 4 is 51.0 Å². The molecular weight excluding hydrogens is 462 g/mol. The molecule has 0 spiro atoms. The zero-order valence-corrected chi connectivity index (χ0v) is 20.8. The lowest BCUT2D eigenvalue weighted by Gasteiger charge is -2.18. The third-order valence-electron chi connectivity index (χ3n) is 5.92. The zero-order valence-electron chi connectivity index (χ0n) is 19.1. The fourth-order valence-electron chi connectivity index (χ4n) is 4.12. The van der Waals surface area contributed by atoms with E-state index < -0.39 is 5.97 Å². The lowest BCUT2D eigenvalue weighted by atomic mass is 10.2. The second kappa shape index (κ2) is 9.68. The summed E-state index contributed by atoms with van der Waals surface area (Å²) in [6, 6.07) is 0.104. The first-order chi connectivity index (χ1) is 15.8. The summed E-state index contributed by atoms with van der Waals surface area (Å²) in [5.74, 6) is -0.541. The number of nitrogens with one attached hydrogen (secondary N) is 1. The number of nitrogens with zero attached hydrogens (tertiary/aromatic N) is 4. The molecule has 0 saturated heterocycles. The maximum Gasteiger partial charge on any atom is 0.343 e. The first-order valence-electron chi connectivity index (χ1n) is 11.0. The Labute approximate surface area is 199 Å². The van der Waals surface area contributed by atoms with Crippen molar-refractivity contribution in [2.45, 2.75) is 57.7 Å². The van der Waals surface area contributed by atoms with E-state index in [4.69, 9.17) is 9.72 Å². The molecule has 0 aromatic carbocycles. The van der Waals surface area contributed by atoms with Crippen LogP contribution < -0.4 is 10.9 Å². The molecule has 176 valence electrons. The van der Waals surface area contributed by atoms with Gasteiger partial charge in [-0.3, -0.25) is 18.8 Å². The van der Waals surface area contributed by atoms with E-state index in [9.17, 15) is 14.4 Å². The predicted octanol–water partition coefficient (Wildman–Crippen LogP) is 3.83. The highest BCUT2D eigenvalue weighted by Crippen LogP contribution is 2.34. The van der Waals surface area contributed by atoms with E-state index in [1.807, 2.05) is 13.8 Å². The van der Waals surface area contributed by atoms with E-state index in [0.29, 0.717) is 15.4 Å². The van der Waals surface area contributed by atoms with Gasteiger partial charge in [-0.15, -0.1) is 11.3 Å². The van der Waals surface area contributed by atoms with Gasteiger partial charge < -0.3 is 10.1 Å². The number of fused-ring (bicyclic) bond motifs is 1. The Hall–Kier alpha value is -2.66. The Kier molecular flexibility index (Phi) is 6.89. The van der Waals surface area contributed by atoms with Crippen molar-refractivity contribution in [1.29, 1.82) is 0 Å². The Balaban J connectivity index is 1.59. The Morgan fingerprint density at radius 2 is 2.03 bits per heavy atom. The summed E-state index contributed by atoms with van der Waals surface area (Å²) in [4.78, 5) is 44.9. The van der Waals surface area contributed by atoms with Crippen molar-refractivity contribution < 1.29 is 14.3 Å². The summed E-state index contributed by atoms with van der Waals surface area (Å²) in [6.45, 7) is 5.90. The molecule has 1 saturated carbocycles. The van der Waals surface area contributed by atoms with Crippen molar-refractivity contribution in [3.05, 3.63) is 32.6 Å². The van der Waals surface area contributed by atoms with Crippen molar-refractivity contribution in [3.63, 3.8) is 0 Å². The highest BCUT2D eigenvalue weighted by Gasteiger charge is 2.26. The van der Waals surface area contributed by atoms with Gasteiger partial charge in [0, 0.05) is 18.0 Å². The second-order valence-corrected chi connectivity index (χ2v) is 10.2. The van der Waals surface area contributed by atoms with Crippen LogP contribution in [0.1, 0.15) is 59.4 Å². The molecule has 1 aliphatic rings. The van der Waals surface area contributed by atoms with E-state index in [1.54, 1.807) is 18.5 Å². The predicted molar refractivity (Wildman–Crippen MR) is 129 cm³/mol. The topological polar surface area (TPSA) is 108 Å². The minimum atomic E-state index is -0.542. The Bertz CT molecular complexity index is 1270. The third-order valence-corrected chi connectivity index (χ3v) is 7.97. The number of rotatable bonds is 7. The molecule has 1 N–H and O–H groups in total. The van der Waals surface area contributed by atoms with E-state index in [1.165, 1.54) is 34.0 Å². The number of hydrogen-bond donors (Lipinski definition) is 1. The van der Waals surface area contributed by atoms with Crippen LogP contribution in [0.25, 0.3) is 10.2 Å². The van der Waals surface area contributed by atoms with Crippen LogP contribution in [0.4, 0.5) is 5.82 Å². The number of thiophene rings is 1. The number of carbonyl (C=O) groups is 2. The summed E-state index contributed by atoms with van der Waals surface area (Å²) in [6.07, 6.45) is 5.41. The number of aryl methyl sites for hydroxylation is 3. The molecule has 0 bridgehead atoms. The minimum Gasteiger partial charge on any atom is -0.462 e. The monoisotopic (exact) mass is 489 g/mol. The van der Waals surface area contributed by atoms with Gasteiger partial charge in [0.25, 0.3) is 5.56 Å². The molecule has 0 unspecified atom stereocenters. The summed E-state index contributed by atoms with van der Waals surface area (Å²) in [5.41, 5.74) is 1.16. The summed E-state index contributed by atoms with van der Waals surface area (Å²) in [7, 11) is 1.64. The van der Waals surface area contributed by atoms with Gasteiger partial charge in [0.15, 0.2) is 5.16 Å². The molecule has 1 amide bonds. The minimum absolute atomic E-state index is 0.0205. The van der Waals surface area contributed by atoms with Gasteiger partial charge >= 0.3 is 5.97 Å². The van der Waals surface area contributed by atoms with E-state index in [-0.39, 0.29) is 41.2 Å². The summed E-state index contributed by atoms with van der Waals surface area (Å²) < 4.78 is 8.25. The molecule has 3 aromatic rings. The van der Waals surface area contributed by atoms with Gasteiger partial charge in [-0.2, -0.15) is 5.10 Å². The fourth-order valence-corrected chi connectivity index (χ4v) is 6.05. The van der Waals surface area contributed by atoms with Crippen LogP contribution in [0.2, 0.25) is 0 Å². The van der Waals surface area contributed by atoms with Crippen molar-refractivity contribution in [3.8, 4) is 0 Å². The highest BCUT2D eigenvalue weighted by atomic mass is 32.2. The number of amides is 1. The maximum absolute atomic E-state index is 13.5. The Morgan fingerprint density at radius 3 is 2.73 bits per heavy atom. The molecule has 0 radical (unpaired) electrons. The smallest absolute Gasteiger partial charge is 0.343 e. The molecule has 9 nitrogen and oxygen atoms in total. The Morgan fingerprint density at radius 1 is 1.30 bits per heavy atom. The molecule has 1 fully saturated rings. The quantitative estimate of drug-likeness (QED) is 0.305. The van der Waals surface area contributed by atoms with Crippen LogP contribution in [0, 0.1) is 13.8 Å². The van der Waals surface area contributed by atoms with Gasteiger partial charge in [0.05, 0.1) is 23.9 Å². The van der Waals surface area contributed by atoms with Gasteiger partial charge in [-0.25, -0.2) is 9.78 Å². The van der Waals surface area contributed by atoms with Crippen molar-refractivity contribution in [1.82, 2.24) is 19.3 Å². The standard InChI is InChI=1S/C22H27N5O4S2/c1-5-31-21(30)15-10-23-26(4)18(15)24-16(28)11-32-22-25-19-17(12(2)13(3)33-19)20(29)27(22)14-8-6-7-9-14/h10,14H,5-9,11H2,1-4H3,(H,24,28). The van der Waals surface area contributed by atoms with Crippen LogP contribution in [-0.4, -0.2) is 43.6 Å².